The molecule has 0 radical (unpaired) electrons. The number of halogens is 1. The minimum absolute atomic E-state index is 0.116. The molecule has 6 nitrogen and oxygen atoms in total. The summed E-state index contributed by atoms with van der Waals surface area (Å²) in [4.78, 5) is 30.0. The van der Waals surface area contributed by atoms with Gasteiger partial charge in [0.05, 0.1) is 18.7 Å². The number of likely N-dealkylation sites (tertiary alicyclic amines) is 1. The molecule has 0 saturated carbocycles. The van der Waals surface area contributed by atoms with Crippen LogP contribution in [-0.4, -0.2) is 59.9 Å². The van der Waals surface area contributed by atoms with Crippen LogP contribution < -0.4 is 4.74 Å². The molecule has 1 atom stereocenters. The van der Waals surface area contributed by atoms with Crippen LogP contribution in [0.5, 0.6) is 5.75 Å². The molecule has 0 unspecified atom stereocenters. The van der Waals surface area contributed by atoms with E-state index < -0.39 is 17.7 Å². The summed E-state index contributed by atoms with van der Waals surface area (Å²) in [7, 11) is 1.57. The number of carbonyl (C=O) groups is 2. The molecule has 1 aliphatic heterocycles. The summed E-state index contributed by atoms with van der Waals surface area (Å²) in [6.07, 6.45) is 0. The van der Waals surface area contributed by atoms with Crippen LogP contribution in [0, 0.1) is 6.92 Å². The SMILES string of the molecule is CCN(CC)CCN1C(=O)C(=O)C(=C(O)c2ccc(OC)cc2C)[C@@H]1c1ccc(Br)cc1. The summed E-state index contributed by atoms with van der Waals surface area (Å²) in [5.74, 6) is -0.757. The zero-order chi connectivity index (χ0) is 23.4. The van der Waals surface area contributed by atoms with Crippen molar-refractivity contribution in [2.75, 3.05) is 33.3 Å². The monoisotopic (exact) mass is 500 g/mol. The summed E-state index contributed by atoms with van der Waals surface area (Å²) in [5.41, 5.74) is 2.16. The van der Waals surface area contributed by atoms with E-state index in [9.17, 15) is 14.7 Å². The lowest BCUT2D eigenvalue weighted by atomic mass is 9.94. The molecule has 1 saturated heterocycles. The van der Waals surface area contributed by atoms with E-state index in [1.54, 1.807) is 30.2 Å². The van der Waals surface area contributed by atoms with Crippen molar-refractivity contribution in [3.05, 3.63) is 69.2 Å². The van der Waals surface area contributed by atoms with Gasteiger partial charge in [-0.2, -0.15) is 0 Å². The van der Waals surface area contributed by atoms with Crippen molar-refractivity contribution in [1.82, 2.24) is 9.80 Å². The van der Waals surface area contributed by atoms with Gasteiger partial charge in [0.25, 0.3) is 11.7 Å². The lowest BCUT2D eigenvalue weighted by Gasteiger charge is -2.28. The van der Waals surface area contributed by atoms with Crippen molar-refractivity contribution >= 4 is 33.4 Å². The van der Waals surface area contributed by atoms with Gasteiger partial charge >= 0.3 is 0 Å². The summed E-state index contributed by atoms with van der Waals surface area (Å²) in [6, 6.07) is 12.1. The van der Waals surface area contributed by atoms with E-state index in [0.29, 0.717) is 24.4 Å². The molecular formula is C25H29BrN2O4. The Morgan fingerprint density at radius 2 is 1.78 bits per heavy atom. The maximum atomic E-state index is 13.1. The molecule has 0 spiro atoms. The van der Waals surface area contributed by atoms with Gasteiger partial charge in [0.1, 0.15) is 11.5 Å². The Balaban J connectivity index is 2.12. The molecule has 2 aromatic rings. The van der Waals surface area contributed by atoms with Crippen LogP contribution in [0.1, 0.15) is 36.6 Å². The predicted molar refractivity (Wildman–Crippen MR) is 129 cm³/mol. The number of hydrogen-bond acceptors (Lipinski definition) is 5. The van der Waals surface area contributed by atoms with Crippen LogP contribution >= 0.6 is 15.9 Å². The highest BCUT2D eigenvalue weighted by atomic mass is 79.9. The molecule has 1 heterocycles. The van der Waals surface area contributed by atoms with Crippen molar-refractivity contribution in [2.45, 2.75) is 26.8 Å². The zero-order valence-electron chi connectivity index (χ0n) is 18.9. The number of benzene rings is 2. The van der Waals surface area contributed by atoms with Gasteiger partial charge in [0, 0.05) is 23.1 Å². The topological polar surface area (TPSA) is 70.1 Å². The molecule has 2 aromatic carbocycles. The number of carbonyl (C=O) groups excluding carboxylic acids is 2. The van der Waals surface area contributed by atoms with Crippen molar-refractivity contribution < 1.29 is 19.4 Å². The number of ketones is 1. The first-order chi connectivity index (χ1) is 15.3. The molecule has 7 heteroatoms. The van der Waals surface area contributed by atoms with Gasteiger partial charge in [-0.15, -0.1) is 0 Å². The maximum Gasteiger partial charge on any atom is 0.295 e. The normalized spacial score (nSPS) is 17.9. The second-order valence-corrected chi connectivity index (χ2v) is 8.67. The van der Waals surface area contributed by atoms with Crippen molar-refractivity contribution in [1.29, 1.82) is 0 Å². The largest absolute Gasteiger partial charge is 0.507 e. The van der Waals surface area contributed by atoms with Crippen LogP contribution in [0.3, 0.4) is 0 Å². The van der Waals surface area contributed by atoms with Crippen LogP contribution in [-0.2, 0) is 9.59 Å². The average Bonchev–Trinajstić information content (AvgIpc) is 3.04. The Hall–Kier alpha value is -2.64. The highest BCUT2D eigenvalue weighted by Gasteiger charge is 2.46. The molecule has 1 N–H and O–H groups in total. The Morgan fingerprint density at radius 3 is 2.34 bits per heavy atom. The first kappa shape index (κ1) is 24.0. The highest BCUT2D eigenvalue weighted by Crippen LogP contribution is 2.40. The number of Topliss-reactive ketones (excluding diaryl/α,β-unsaturated/α-hetero) is 1. The second kappa shape index (κ2) is 10.3. The summed E-state index contributed by atoms with van der Waals surface area (Å²) >= 11 is 3.44. The van der Waals surface area contributed by atoms with E-state index in [2.05, 4.69) is 34.7 Å². The molecule has 170 valence electrons. The van der Waals surface area contributed by atoms with E-state index in [-0.39, 0.29) is 11.3 Å². The number of amides is 1. The fraction of sp³-hybridized carbons (Fsp3) is 0.360. The van der Waals surface area contributed by atoms with Gasteiger partial charge in [0.15, 0.2) is 0 Å². The third-order valence-corrected chi connectivity index (χ3v) is 6.49. The van der Waals surface area contributed by atoms with Gasteiger partial charge in [-0.05, 0) is 61.5 Å². The minimum atomic E-state index is -0.662. The fourth-order valence-electron chi connectivity index (χ4n) is 4.07. The minimum Gasteiger partial charge on any atom is -0.507 e. The zero-order valence-corrected chi connectivity index (χ0v) is 20.5. The van der Waals surface area contributed by atoms with Gasteiger partial charge in [0.2, 0.25) is 0 Å². The number of rotatable bonds is 8. The fourth-order valence-corrected chi connectivity index (χ4v) is 4.33. The van der Waals surface area contributed by atoms with Crippen LogP contribution in [0.2, 0.25) is 0 Å². The number of methoxy groups -OCH3 is 1. The number of ether oxygens (including phenoxy) is 1. The Kier molecular flexibility index (Phi) is 7.74. The van der Waals surface area contributed by atoms with Crippen molar-refractivity contribution in [2.24, 2.45) is 0 Å². The standard InChI is InChI=1S/C25H29BrN2O4/c1-5-27(6-2)13-14-28-22(17-7-9-18(26)10-8-17)21(24(30)25(28)31)23(29)20-12-11-19(32-4)15-16(20)3/h7-12,15,22,29H,5-6,13-14H2,1-4H3/t22-/m0/s1. The van der Waals surface area contributed by atoms with Crippen molar-refractivity contribution in [3.63, 3.8) is 0 Å². The second-order valence-electron chi connectivity index (χ2n) is 7.75. The molecule has 32 heavy (non-hydrogen) atoms. The van der Waals surface area contributed by atoms with Crippen LogP contribution in [0.15, 0.2) is 52.5 Å². The van der Waals surface area contributed by atoms with Gasteiger partial charge in [-0.1, -0.05) is 41.9 Å². The summed E-state index contributed by atoms with van der Waals surface area (Å²) < 4.78 is 6.15. The highest BCUT2D eigenvalue weighted by molar-refractivity contribution is 9.10. The number of aliphatic hydroxyl groups is 1. The summed E-state index contributed by atoms with van der Waals surface area (Å²) in [6.45, 7) is 8.72. The first-order valence-corrected chi connectivity index (χ1v) is 11.5. The molecule has 0 aliphatic carbocycles. The molecule has 1 fully saturated rings. The lowest BCUT2D eigenvalue weighted by molar-refractivity contribution is -0.140. The number of likely N-dealkylation sites (N-methyl/N-ethyl adjacent to an activating group) is 1. The van der Waals surface area contributed by atoms with E-state index in [1.807, 2.05) is 31.2 Å². The van der Waals surface area contributed by atoms with E-state index in [4.69, 9.17) is 4.74 Å². The maximum absolute atomic E-state index is 13.1. The molecule has 0 aromatic heterocycles. The third-order valence-electron chi connectivity index (χ3n) is 5.97. The number of nitrogens with zero attached hydrogens (tertiary/aromatic N) is 2. The van der Waals surface area contributed by atoms with E-state index in [1.165, 1.54) is 0 Å². The van der Waals surface area contributed by atoms with Crippen molar-refractivity contribution in [3.8, 4) is 5.75 Å². The van der Waals surface area contributed by atoms with Gasteiger partial charge in [-0.3, -0.25) is 9.59 Å². The predicted octanol–water partition coefficient (Wildman–Crippen LogP) is 4.53. The van der Waals surface area contributed by atoms with Gasteiger partial charge in [-0.25, -0.2) is 0 Å². The molecule has 0 bridgehead atoms. The van der Waals surface area contributed by atoms with Gasteiger partial charge < -0.3 is 19.6 Å². The Bertz CT molecular complexity index is 1030. The average molecular weight is 501 g/mol. The van der Waals surface area contributed by atoms with E-state index in [0.717, 1.165) is 28.7 Å². The lowest BCUT2D eigenvalue weighted by Crippen LogP contribution is -2.38. The molecule has 1 amide bonds. The quantitative estimate of drug-likeness (QED) is 0.327. The van der Waals surface area contributed by atoms with E-state index >= 15 is 0 Å². The number of hydrogen-bond donors (Lipinski definition) is 1. The number of aryl methyl sites for hydroxylation is 1. The summed E-state index contributed by atoms with van der Waals surface area (Å²) in [5, 5.41) is 11.2. The number of aliphatic hydroxyl groups excluding tert-OH is 1. The molecular weight excluding hydrogens is 472 g/mol. The smallest absolute Gasteiger partial charge is 0.295 e. The Labute approximate surface area is 197 Å². The van der Waals surface area contributed by atoms with Crippen LogP contribution in [0.25, 0.3) is 5.76 Å². The molecule has 3 rings (SSSR count). The Morgan fingerprint density at radius 1 is 1.12 bits per heavy atom. The molecule has 1 aliphatic rings. The first-order valence-electron chi connectivity index (χ1n) is 10.7. The third kappa shape index (κ3) is 4.74. The van der Waals surface area contributed by atoms with Crippen LogP contribution in [0.4, 0.5) is 0 Å².